The van der Waals surface area contributed by atoms with Crippen LogP contribution in [0.1, 0.15) is 40.3 Å². The molecule has 0 fully saturated rings. The average molecular weight is 264 g/mol. The zero-order valence-electron chi connectivity index (χ0n) is 13.0. The predicted octanol–water partition coefficient (Wildman–Crippen LogP) is 2.70. The molecule has 0 unspecified atom stereocenters. The molecule has 0 bridgehead atoms. The van der Waals surface area contributed by atoms with Gasteiger partial charge in [-0.3, -0.25) is 4.98 Å². The maximum absolute atomic E-state index is 4.69. The second-order valence-corrected chi connectivity index (χ2v) is 5.83. The highest BCUT2D eigenvalue weighted by molar-refractivity contribution is 5.36. The molecule has 1 heterocycles. The lowest BCUT2D eigenvalue weighted by Gasteiger charge is -2.24. The standard InChI is InChI=1S/C15H28N4/c1-6-19(11-13(4)5)15-10-17-9-14(18-15)8-16-7-12(2)3/h9-10,12-13,16H,6-8,11H2,1-5H3. The molecule has 0 saturated carbocycles. The van der Waals surface area contributed by atoms with Gasteiger partial charge in [0.1, 0.15) is 5.82 Å². The quantitative estimate of drug-likeness (QED) is 0.784. The monoisotopic (exact) mass is 264 g/mol. The minimum atomic E-state index is 0.629. The first kappa shape index (κ1) is 15.9. The molecular formula is C15H28N4. The van der Waals surface area contributed by atoms with Gasteiger partial charge in [0, 0.05) is 25.8 Å². The van der Waals surface area contributed by atoms with Crippen LogP contribution in [0, 0.1) is 11.8 Å². The Morgan fingerprint density at radius 3 is 2.47 bits per heavy atom. The molecule has 4 nitrogen and oxygen atoms in total. The van der Waals surface area contributed by atoms with Crippen LogP contribution in [0.2, 0.25) is 0 Å². The Labute approximate surface area is 117 Å². The third-order valence-electron chi connectivity index (χ3n) is 2.82. The van der Waals surface area contributed by atoms with E-state index in [9.17, 15) is 0 Å². The van der Waals surface area contributed by atoms with Crippen molar-refractivity contribution in [2.75, 3.05) is 24.5 Å². The summed E-state index contributed by atoms with van der Waals surface area (Å²) < 4.78 is 0. The van der Waals surface area contributed by atoms with Gasteiger partial charge in [0.15, 0.2) is 0 Å². The van der Waals surface area contributed by atoms with E-state index in [-0.39, 0.29) is 0 Å². The smallest absolute Gasteiger partial charge is 0.147 e. The summed E-state index contributed by atoms with van der Waals surface area (Å²) >= 11 is 0. The van der Waals surface area contributed by atoms with Crippen LogP contribution in [-0.4, -0.2) is 29.6 Å². The molecule has 0 aromatic carbocycles. The lowest BCUT2D eigenvalue weighted by molar-refractivity contribution is 0.546. The molecule has 4 heteroatoms. The van der Waals surface area contributed by atoms with Crippen LogP contribution in [0.15, 0.2) is 12.4 Å². The summed E-state index contributed by atoms with van der Waals surface area (Å²) in [7, 11) is 0. The van der Waals surface area contributed by atoms with Crippen LogP contribution in [0.4, 0.5) is 5.82 Å². The zero-order valence-corrected chi connectivity index (χ0v) is 13.0. The van der Waals surface area contributed by atoms with Crippen molar-refractivity contribution < 1.29 is 0 Å². The topological polar surface area (TPSA) is 41.1 Å². The SMILES string of the molecule is CCN(CC(C)C)c1cncc(CNCC(C)C)n1. The molecular weight excluding hydrogens is 236 g/mol. The van der Waals surface area contributed by atoms with Crippen molar-refractivity contribution in [2.24, 2.45) is 11.8 Å². The van der Waals surface area contributed by atoms with Crippen molar-refractivity contribution in [1.82, 2.24) is 15.3 Å². The van der Waals surface area contributed by atoms with Crippen LogP contribution in [0.3, 0.4) is 0 Å². The van der Waals surface area contributed by atoms with Gasteiger partial charge >= 0.3 is 0 Å². The van der Waals surface area contributed by atoms with Gasteiger partial charge in [0.2, 0.25) is 0 Å². The summed E-state index contributed by atoms with van der Waals surface area (Å²) in [6.07, 6.45) is 3.71. The second kappa shape index (κ2) is 8.10. The molecule has 0 aliphatic carbocycles. The number of rotatable bonds is 8. The van der Waals surface area contributed by atoms with E-state index in [2.05, 4.69) is 49.8 Å². The molecule has 1 N–H and O–H groups in total. The van der Waals surface area contributed by atoms with E-state index in [0.717, 1.165) is 37.7 Å². The summed E-state index contributed by atoms with van der Waals surface area (Å²) in [5.41, 5.74) is 1.01. The summed E-state index contributed by atoms with van der Waals surface area (Å²) in [5.74, 6) is 2.27. The van der Waals surface area contributed by atoms with E-state index in [1.54, 1.807) is 0 Å². The van der Waals surface area contributed by atoms with Gasteiger partial charge in [-0.25, -0.2) is 4.98 Å². The second-order valence-electron chi connectivity index (χ2n) is 5.83. The molecule has 0 atom stereocenters. The van der Waals surface area contributed by atoms with E-state index in [0.29, 0.717) is 11.8 Å². The van der Waals surface area contributed by atoms with Gasteiger partial charge in [-0.05, 0) is 25.3 Å². The maximum Gasteiger partial charge on any atom is 0.147 e. The summed E-state index contributed by atoms with van der Waals surface area (Å²) in [6, 6.07) is 0. The Morgan fingerprint density at radius 1 is 1.16 bits per heavy atom. The highest BCUT2D eigenvalue weighted by atomic mass is 15.2. The van der Waals surface area contributed by atoms with Crippen molar-refractivity contribution in [2.45, 2.75) is 41.2 Å². The van der Waals surface area contributed by atoms with E-state index in [1.807, 2.05) is 12.4 Å². The first-order valence-electron chi connectivity index (χ1n) is 7.29. The van der Waals surface area contributed by atoms with E-state index >= 15 is 0 Å². The third kappa shape index (κ3) is 6.01. The van der Waals surface area contributed by atoms with Gasteiger partial charge in [-0.15, -0.1) is 0 Å². The number of hydrogen-bond donors (Lipinski definition) is 1. The van der Waals surface area contributed by atoms with E-state index < -0.39 is 0 Å². The normalized spacial score (nSPS) is 11.3. The van der Waals surface area contributed by atoms with Crippen LogP contribution >= 0.6 is 0 Å². The Hall–Kier alpha value is -1.16. The first-order chi connectivity index (χ1) is 9.02. The minimum Gasteiger partial charge on any atom is -0.355 e. The molecule has 1 rings (SSSR count). The van der Waals surface area contributed by atoms with Crippen LogP contribution in [-0.2, 0) is 6.54 Å². The Morgan fingerprint density at radius 2 is 1.89 bits per heavy atom. The molecule has 0 radical (unpaired) electrons. The predicted molar refractivity (Wildman–Crippen MR) is 81.3 cm³/mol. The van der Waals surface area contributed by atoms with Crippen LogP contribution in [0.5, 0.6) is 0 Å². The fourth-order valence-corrected chi connectivity index (χ4v) is 1.95. The van der Waals surface area contributed by atoms with Gasteiger partial charge in [0.05, 0.1) is 11.9 Å². The average Bonchev–Trinajstić information content (AvgIpc) is 2.35. The lowest BCUT2D eigenvalue weighted by atomic mass is 10.2. The Kier molecular flexibility index (Phi) is 6.78. The van der Waals surface area contributed by atoms with Crippen molar-refractivity contribution in [3.63, 3.8) is 0 Å². The van der Waals surface area contributed by atoms with E-state index in [1.165, 1.54) is 0 Å². The molecule has 1 aromatic heterocycles. The number of hydrogen-bond acceptors (Lipinski definition) is 4. The molecule has 0 saturated heterocycles. The van der Waals surface area contributed by atoms with Crippen molar-refractivity contribution in [3.8, 4) is 0 Å². The fourth-order valence-electron chi connectivity index (χ4n) is 1.95. The molecule has 0 aliphatic heterocycles. The highest BCUT2D eigenvalue weighted by Gasteiger charge is 2.09. The Bertz CT molecular complexity index is 363. The molecule has 0 aliphatic rings. The number of nitrogens with one attached hydrogen (secondary N) is 1. The van der Waals surface area contributed by atoms with Crippen molar-refractivity contribution >= 4 is 5.82 Å². The maximum atomic E-state index is 4.69. The third-order valence-corrected chi connectivity index (χ3v) is 2.82. The number of anilines is 1. The number of nitrogens with zero attached hydrogens (tertiary/aromatic N) is 3. The number of aromatic nitrogens is 2. The minimum absolute atomic E-state index is 0.629. The highest BCUT2D eigenvalue weighted by Crippen LogP contribution is 2.11. The van der Waals surface area contributed by atoms with Crippen LogP contribution < -0.4 is 10.2 Å². The molecule has 108 valence electrons. The molecule has 0 spiro atoms. The molecule has 19 heavy (non-hydrogen) atoms. The van der Waals surface area contributed by atoms with Crippen molar-refractivity contribution in [1.29, 1.82) is 0 Å². The van der Waals surface area contributed by atoms with E-state index in [4.69, 9.17) is 4.98 Å². The fraction of sp³-hybridized carbons (Fsp3) is 0.733. The van der Waals surface area contributed by atoms with Gasteiger partial charge < -0.3 is 10.2 Å². The Balaban J connectivity index is 2.64. The van der Waals surface area contributed by atoms with Gasteiger partial charge in [0.25, 0.3) is 0 Å². The largest absolute Gasteiger partial charge is 0.355 e. The molecule has 1 aromatic rings. The van der Waals surface area contributed by atoms with Gasteiger partial charge in [-0.2, -0.15) is 0 Å². The zero-order chi connectivity index (χ0) is 14.3. The summed E-state index contributed by atoms with van der Waals surface area (Å²) in [4.78, 5) is 11.3. The van der Waals surface area contributed by atoms with Crippen LogP contribution in [0.25, 0.3) is 0 Å². The molecule has 0 amide bonds. The summed E-state index contributed by atoms with van der Waals surface area (Å²) in [6.45, 7) is 14.8. The summed E-state index contributed by atoms with van der Waals surface area (Å²) in [5, 5.41) is 3.41. The lowest BCUT2D eigenvalue weighted by Crippen LogP contribution is -2.28. The van der Waals surface area contributed by atoms with Gasteiger partial charge in [-0.1, -0.05) is 27.7 Å². The van der Waals surface area contributed by atoms with Crippen molar-refractivity contribution in [3.05, 3.63) is 18.1 Å². The first-order valence-corrected chi connectivity index (χ1v) is 7.29.